The molecule has 1 aromatic rings. The fourth-order valence-electron chi connectivity index (χ4n) is 0.969. The molecule has 1 aromatic carbocycles. The molecule has 0 aromatic heterocycles. The lowest BCUT2D eigenvalue weighted by Gasteiger charge is -2.13. The number of aliphatic hydroxyl groups is 2. The standard InChI is InChI=1S/C9H11IO2/c1-6(11)9(12)7-3-2-4-8(10)5-7/h2-6,9,11-12H,1H3/t6-,9+/m1/s1. The average Bonchev–Trinajstić information content (AvgIpc) is 2.03. The Labute approximate surface area is 85.4 Å². The minimum Gasteiger partial charge on any atom is -0.390 e. The second-order valence-corrected chi connectivity index (χ2v) is 3.99. The monoisotopic (exact) mass is 278 g/mol. The van der Waals surface area contributed by atoms with E-state index in [1.165, 1.54) is 0 Å². The van der Waals surface area contributed by atoms with Gasteiger partial charge in [0.05, 0.1) is 6.10 Å². The molecule has 0 bridgehead atoms. The van der Waals surface area contributed by atoms with Crippen LogP contribution < -0.4 is 0 Å². The Bertz CT molecular complexity index is 260. The Morgan fingerprint density at radius 3 is 2.50 bits per heavy atom. The molecular weight excluding hydrogens is 267 g/mol. The third kappa shape index (κ3) is 2.43. The van der Waals surface area contributed by atoms with E-state index in [9.17, 15) is 5.11 Å². The van der Waals surface area contributed by atoms with E-state index in [0.717, 1.165) is 9.13 Å². The lowest BCUT2D eigenvalue weighted by molar-refractivity contribution is 0.0305. The van der Waals surface area contributed by atoms with Crippen LogP contribution in [0, 0.1) is 3.57 Å². The van der Waals surface area contributed by atoms with E-state index in [1.54, 1.807) is 13.0 Å². The number of benzene rings is 1. The van der Waals surface area contributed by atoms with Gasteiger partial charge in [-0.2, -0.15) is 0 Å². The van der Waals surface area contributed by atoms with E-state index in [4.69, 9.17) is 5.11 Å². The van der Waals surface area contributed by atoms with Gasteiger partial charge in [0.15, 0.2) is 0 Å². The van der Waals surface area contributed by atoms with Crippen molar-refractivity contribution in [1.29, 1.82) is 0 Å². The van der Waals surface area contributed by atoms with Gasteiger partial charge in [-0.25, -0.2) is 0 Å². The molecule has 2 N–H and O–H groups in total. The summed E-state index contributed by atoms with van der Waals surface area (Å²) in [6, 6.07) is 7.47. The van der Waals surface area contributed by atoms with E-state index in [1.807, 2.05) is 18.2 Å². The van der Waals surface area contributed by atoms with Gasteiger partial charge in [0, 0.05) is 3.57 Å². The second-order valence-electron chi connectivity index (χ2n) is 2.74. The average molecular weight is 278 g/mol. The number of aliphatic hydroxyl groups excluding tert-OH is 2. The third-order valence-electron chi connectivity index (χ3n) is 1.65. The summed E-state index contributed by atoms with van der Waals surface area (Å²) in [7, 11) is 0. The maximum absolute atomic E-state index is 9.47. The van der Waals surface area contributed by atoms with E-state index in [0.29, 0.717) is 0 Å². The molecule has 0 aliphatic heterocycles. The van der Waals surface area contributed by atoms with Gasteiger partial charge in [-0.15, -0.1) is 0 Å². The number of halogens is 1. The van der Waals surface area contributed by atoms with Crippen LogP contribution in [0.25, 0.3) is 0 Å². The fraction of sp³-hybridized carbons (Fsp3) is 0.333. The van der Waals surface area contributed by atoms with Crippen molar-refractivity contribution < 1.29 is 10.2 Å². The zero-order chi connectivity index (χ0) is 9.14. The quantitative estimate of drug-likeness (QED) is 0.808. The molecule has 66 valence electrons. The molecule has 0 fully saturated rings. The highest BCUT2D eigenvalue weighted by Gasteiger charge is 2.12. The highest BCUT2D eigenvalue weighted by Crippen LogP contribution is 2.18. The molecule has 0 unspecified atom stereocenters. The van der Waals surface area contributed by atoms with Gasteiger partial charge in [-0.3, -0.25) is 0 Å². The predicted octanol–water partition coefficient (Wildman–Crippen LogP) is 1.71. The molecule has 12 heavy (non-hydrogen) atoms. The summed E-state index contributed by atoms with van der Waals surface area (Å²) in [6.45, 7) is 1.57. The van der Waals surface area contributed by atoms with Crippen molar-refractivity contribution in [2.75, 3.05) is 0 Å². The van der Waals surface area contributed by atoms with Crippen molar-refractivity contribution in [3.05, 3.63) is 33.4 Å². The minimum absolute atomic E-state index is 0.719. The molecule has 0 saturated heterocycles. The first-order chi connectivity index (χ1) is 5.61. The Morgan fingerprint density at radius 2 is 2.00 bits per heavy atom. The van der Waals surface area contributed by atoms with Gasteiger partial charge in [-0.1, -0.05) is 12.1 Å². The van der Waals surface area contributed by atoms with Crippen LogP contribution in [0.2, 0.25) is 0 Å². The summed E-state index contributed by atoms with van der Waals surface area (Å²) in [5.74, 6) is 0. The lowest BCUT2D eigenvalue weighted by Crippen LogP contribution is -2.13. The summed E-state index contributed by atoms with van der Waals surface area (Å²) in [5.41, 5.74) is 0.761. The maximum atomic E-state index is 9.47. The molecule has 0 radical (unpaired) electrons. The second kappa shape index (κ2) is 4.20. The molecule has 0 heterocycles. The Morgan fingerprint density at radius 1 is 1.33 bits per heavy atom. The van der Waals surface area contributed by atoms with Crippen LogP contribution in [0.5, 0.6) is 0 Å². The van der Waals surface area contributed by atoms with Gasteiger partial charge < -0.3 is 10.2 Å². The first-order valence-corrected chi connectivity index (χ1v) is 4.80. The van der Waals surface area contributed by atoms with E-state index in [2.05, 4.69) is 22.6 Å². The molecule has 2 atom stereocenters. The minimum atomic E-state index is -0.778. The van der Waals surface area contributed by atoms with E-state index in [-0.39, 0.29) is 0 Å². The van der Waals surface area contributed by atoms with Crippen LogP contribution in [0.15, 0.2) is 24.3 Å². The lowest BCUT2D eigenvalue weighted by atomic mass is 10.1. The van der Waals surface area contributed by atoms with Crippen molar-refractivity contribution in [2.45, 2.75) is 19.1 Å². The number of hydrogen-bond donors (Lipinski definition) is 2. The van der Waals surface area contributed by atoms with Crippen LogP contribution in [0.1, 0.15) is 18.6 Å². The zero-order valence-electron chi connectivity index (χ0n) is 6.74. The maximum Gasteiger partial charge on any atom is 0.105 e. The predicted molar refractivity (Wildman–Crippen MR) is 55.8 cm³/mol. The highest BCUT2D eigenvalue weighted by atomic mass is 127. The Balaban J connectivity index is 2.88. The van der Waals surface area contributed by atoms with Crippen molar-refractivity contribution >= 4 is 22.6 Å². The van der Waals surface area contributed by atoms with Gasteiger partial charge in [0.25, 0.3) is 0 Å². The molecule has 1 rings (SSSR count). The SMILES string of the molecule is C[C@@H](O)[C@H](O)c1cccc(I)c1. The largest absolute Gasteiger partial charge is 0.390 e. The van der Waals surface area contributed by atoms with Gasteiger partial charge in [0.1, 0.15) is 6.10 Å². The fourth-order valence-corrected chi connectivity index (χ4v) is 1.54. The summed E-state index contributed by atoms with van der Waals surface area (Å²) >= 11 is 2.17. The van der Waals surface area contributed by atoms with E-state index >= 15 is 0 Å². The van der Waals surface area contributed by atoms with Crippen LogP contribution in [-0.4, -0.2) is 16.3 Å². The van der Waals surface area contributed by atoms with Crippen molar-refractivity contribution in [2.24, 2.45) is 0 Å². The molecule has 3 heteroatoms. The van der Waals surface area contributed by atoms with Crippen molar-refractivity contribution in [3.8, 4) is 0 Å². The Hall–Kier alpha value is -0.130. The number of rotatable bonds is 2. The summed E-state index contributed by atoms with van der Waals surface area (Å²) in [6.07, 6.45) is -1.50. The van der Waals surface area contributed by atoms with Crippen molar-refractivity contribution in [3.63, 3.8) is 0 Å². The van der Waals surface area contributed by atoms with E-state index < -0.39 is 12.2 Å². The summed E-state index contributed by atoms with van der Waals surface area (Å²) in [4.78, 5) is 0. The van der Waals surface area contributed by atoms with Gasteiger partial charge in [0.2, 0.25) is 0 Å². The molecule has 0 aliphatic carbocycles. The zero-order valence-corrected chi connectivity index (χ0v) is 8.89. The molecule has 0 spiro atoms. The first kappa shape index (κ1) is 9.95. The van der Waals surface area contributed by atoms with Gasteiger partial charge in [-0.05, 0) is 47.2 Å². The van der Waals surface area contributed by atoms with Crippen molar-refractivity contribution in [1.82, 2.24) is 0 Å². The Kier molecular flexibility index (Phi) is 3.49. The van der Waals surface area contributed by atoms with Crippen LogP contribution in [-0.2, 0) is 0 Å². The summed E-state index contributed by atoms with van der Waals surface area (Å²) < 4.78 is 1.06. The van der Waals surface area contributed by atoms with Crippen LogP contribution >= 0.6 is 22.6 Å². The first-order valence-electron chi connectivity index (χ1n) is 3.73. The third-order valence-corrected chi connectivity index (χ3v) is 2.32. The number of hydrogen-bond acceptors (Lipinski definition) is 2. The highest BCUT2D eigenvalue weighted by molar-refractivity contribution is 14.1. The topological polar surface area (TPSA) is 40.5 Å². The molecule has 0 aliphatic rings. The molecule has 0 saturated carbocycles. The van der Waals surface area contributed by atoms with Crippen LogP contribution in [0.3, 0.4) is 0 Å². The molecule has 0 amide bonds. The normalized spacial score (nSPS) is 15.7. The molecule has 2 nitrogen and oxygen atoms in total. The molecular formula is C9H11IO2. The van der Waals surface area contributed by atoms with Gasteiger partial charge >= 0.3 is 0 Å². The summed E-state index contributed by atoms with van der Waals surface area (Å²) in [5, 5.41) is 18.6. The van der Waals surface area contributed by atoms with Crippen LogP contribution in [0.4, 0.5) is 0 Å². The smallest absolute Gasteiger partial charge is 0.105 e.